The first-order chi connectivity index (χ1) is 5.81. The predicted molar refractivity (Wildman–Crippen MR) is 66.2 cm³/mol. The molecule has 0 saturated carbocycles. The number of piperidine rings is 1. The first-order valence-corrected chi connectivity index (χ1v) is 5.37. The van der Waals surface area contributed by atoms with E-state index in [9.17, 15) is 0 Å². The first kappa shape index (κ1) is 14.5. The Morgan fingerprint density at radius 1 is 1.36 bits per heavy atom. The van der Waals surface area contributed by atoms with Crippen molar-refractivity contribution in [3.05, 3.63) is 16.6 Å². The van der Waals surface area contributed by atoms with E-state index in [1.165, 1.54) is 0 Å². The fourth-order valence-electron chi connectivity index (χ4n) is 1.48. The summed E-state index contributed by atoms with van der Waals surface area (Å²) >= 11 is 8.11. The summed E-state index contributed by atoms with van der Waals surface area (Å²) in [5.41, 5.74) is 0. The summed E-state index contributed by atoms with van der Waals surface area (Å²) in [4.78, 5) is 4.09. The Labute approximate surface area is 105 Å². The zero-order chi connectivity index (χ0) is 8.44. The molecule has 1 saturated heterocycles. The SMILES string of the molecule is Cl.Cl.ClC1(c2nccs2)CCNCC1. The molecule has 0 bridgehead atoms. The van der Waals surface area contributed by atoms with Crippen LogP contribution < -0.4 is 5.32 Å². The number of nitrogens with one attached hydrogen (secondary N) is 1. The van der Waals surface area contributed by atoms with Gasteiger partial charge < -0.3 is 5.32 Å². The average Bonchev–Trinajstić information content (AvgIpc) is 2.58. The number of alkyl halides is 1. The summed E-state index contributed by atoms with van der Waals surface area (Å²) in [7, 11) is 0. The fourth-order valence-corrected chi connectivity index (χ4v) is 2.64. The molecule has 1 N–H and O–H groups in total. The molecule has 82 valence electrons. The van der Waals surface area contributed by atoms with Gasteiger partial charge in [-0.05, 0) is 25.9 Å². The van der Waals surface area contributed by atoms with Crippen molar-refractivity contribution in [3.8, 4) is 0 Å². The highest BCUT2D eigenvalue weighted by Crippen LogP contribution is 2.38. The number of thiazole rings is 1. The van der Waals surface area contributed by atoms with Gasteiger partial charge in [-0.1, -0.05) is 0 Å². The largest absolute Gasteiger partial charge is 0.317 e. The summed E-state index contributed by atoms with van der Waals surface area (Å²) < 4.78 is 0. The lowest BCUT2D eigenvalue weighted by molar-refractivity contribution is 0.414. The van der Waals surface area contributed by atoms with Crippen LogP contribution in [0.4, 0.5) is 0 Å². The van der Waals surface area contributed by atoms with Gasteiger partial charge in [0.15, 0.2) is 0 Å². The van der Waals surface area contributed by atoms with Gasteiger partial charge in [0.2, 0.25) is 0 Å². The van der Waals surface area contributed by atoms with E-state index in [0.717, 1.165) is 30.9 Å². The van der Waals surface area contributed by atoms with Gasteiger partial charge in [0, 0.05) is 11.6 Å². The lowest BCUT2D eigenvalue weighted by Crippen LogP contribution is -2.35. The lowest BCUT2D eigenvalue weighted by atomic mass is 9.98. The summed E-state index contributed by atoms with van der Waals surface area (Å²) in [6.45, 7) is 2.01. The zero-order valence-electron chi connectivity index (χ0n) is 7.53. The van der Waals surface area contributed by atoms with Crippen molar-refractivity contribution in [1.29, 1.82) is 0 Å². The van der Waals surface area contributed by atoms with Crippen molar-refractivity contribution in [1.82, 2.24) is 10.3 Å². The molecule has 0 atom stereocenters. The second kappa shape index (κ2) is 6.13. The lowest BCUT2D eigenvalue weighted by Gasteiger charge is -2.29. The van der Waals surface area contributed by atoms with Gasteiger partial charge in [-0.2, -0.15) is 0 Å². The molecule has 14 heavy (non-hydrogen) atoms. The Hall–Kier alpha value is 0.460. The van der Waals surface area contributed by atoms with Gasteiger partial charge in [-0.15, -0.1) is 47.8 Å². The fraction of sp³-hybridized carbons (Fsp3) is 0.625. The van der Waals surface area contributed by atoms with Crippen molar-refractivity contribution in [2.24, 2.45) is 0 Å². The Morgan fingerprint density at radius 3 is 2.50 bits per heavy atom. The van der Waals surface area contributed by atoms with Crippen LogP contribution in [0, 0.1) is 0 Å². The number of hydrogen-bond donors (Lipinski definition) is 1. The van der Waals surface area contributed by atoms with Gasteiger partial charge >= 0.3 is 0 Å². The van der Waals surface area contributed by atoms with Crippen molar-refractivity contribution >= 4 is 47.8 Å². The van der Waals surface area contributed by atoms with Crippen LogP contribution in [0.25, 0.3) is 0 Å². The van der Waals surface area contributed by atoms with Crippen LogP contribution in [0.2, 0.25) is 0 Å². The zero-order valence-corrected chi connectivity index (χ0v) is 10.7. The average molecular weight is 276 g/mol. The molecule has 0 spiro atoms. The molecule has 1 aromatic rings. The number of halogens is 3. The molecule has 1 aliphatic heterocycles. The molecule has 2 rings (SSSR count). The Kier molecular flexibility index (Phi) is 6.33. The standard InChI is InChI=1S/C8H11ClN2S.2ClH/c9-8(1-3-10-4-2-8)7-11-5-6-12-7;;/h5-6,10H,1-4H2;2*1H. The molecule has 0 aliphatic carbocycles. The second-order valence-corrected chi connectivity index (χ2v) is 4.67. The van der Waals surface area contributed by atoms with Crippen LogP contribution in [0.1, 0.15) is 17.8 Å². The third-order valence-corrected chi connectivity index (χ3v) is 3.86. The van der Waals surface area contributed by atoms with Crippen molar-refractivity contribution < 1.29 is 0 Å². The number of aromatic nitrogens is 1. The number of hydrogen-bond acceptors (Lipinski definition) is 3. The monoisotopic (exact) mass is 274 g/mol. The van der Waals surface area contributed by atoms with Crippen LogP contribution >= 0.6 is 47.8 Å². The minimum atomic E-state index is -0.181. The molecule has 0 radical (unpaired) electrons. The van der Waals surface area contributed by atoms with E-state index in [4.69, 9.17) is 11.6 Å². The number of nitrogens with zero attached hydrogens (tertiary/aromatic N) is 1. The van der Waals surface area contributed by atoms with Gasteiger partial charge in [0.05, 0.1) is 4.87 Å². The predicted octanol–water partition coefficient (Wildman–Crippen LogP) is 2.80. The quantitative estimate of drug-likeness (QED) is 0.797. The summed E-state index contributed by atoms with van der Waals surface area (Å²) in [5, 5.41) is 6.36. The van der Waals surface area contributed by atoms with Gasteiger partial charge in [-0.25, -0.2) is 4.98 Å². The van der Waals surface area contributed by atoms with Gasteiger partial charge in [-0.3, -0.25) is 0 Å². The summed E-state index contributed by atoms with van der Waals surface area (Å²) in [5.74, 6) is 0. The van der Waals surface area contributed by atoms with Crippen LogP contribution in [0.15, 0.2) is 11.6 Å². The van der Waals surface area contributed by atoms with E-state index in [-0.39, 0.29) is 29.7 Å². The maximum absolute atomic E-state index is 6.45. The molecule has 6 heteroatoms. The Bertz CT molecular complexity index is 247. The van der Waals surface area contributed by atoms with E-state index in [0.29, 0.717) is 0 Å². The summed E-state index contributed by atoms with van der Waals surface area (Å²) in [6.07, 6.45) is 3.80. The minimum absolute atomic E-state index is 0. The topological polar surface area (TPSA) is 24.9 Å². The van der Waals surface area contributed by atoms with Crippen molar-refractivity contribution in [2.45, 2.75) is 17.7 Å². The molecule has 1 aromatic heterocycles. The number of rotatable bonds is 1. The van der Waals surface area contributed by atoms with Crippen LogP contribution in [0.3, 0.4) is 0 Å². The van der Waals surface area contributed by atoms with Crippen molar-refractivity contribution in [2.75, 3.05) is 13.1 Å². The Balaban J connectivity index is 0.000000845. The van der Waals surface area contributed by atoms with Gasteiger partial charge in [0.1, 0.15) is 5.01 Å². The van der Waals surface area contributed by atoms with E-state index < -0.39 is 0 Å². The van der Waals surface area contributed by atoms with Crippen molar-refractivity contribution in [3.63, 3.8) is 0 Å². The van der Waals surface area contributed by atoms with Gasteiger partial charge in [0.25, 0.3) is 0 Å². The molecular formula is C8H13Cl3N2S. The molecule has 0 unspecified atom stereocenters. The van der Waals surface area contributed by atoms with E-state index in [1.807, 2.05) is 11.6 Å². The molecule has 2 heterocycles. The smallest absolute Gasteiger partial charge is 0.114 e. The normalized spacial score (nSPS) is 19.2. The highest BCUT2D eigenvalue weighted by Gasteiger charge is 2.33. The molecule has 1 fully saturated rings. The minimum Gasteiger partial charge on any atom is -0.317 e. The highest BCUT2D eigenvalue weighted by atomic mass is 35.5. The van der Waals surface area contributed by atoms with E-state index in [1.54, 1.807) is 11.3 Å². The van der Waals surface area contributed by atoms with Crippen LogP contribution in [-0.4, -0.2) is 18.1 Å². The molecular weight excluding hydrogens is 263 g/mol. The summed E-state index contributed by atoms with van der Waals surface area (Å²) in [6, 6.07) is 0. The van der Waals surface area contributed by atoms with Crippen LogP contribution in [0.5, 0.6) is 0 Å². The molecule has 2 nitrogen and oxygen atoms in total. The van der Waals surface area contributed by atoms with E-state index >= 15 is 0 Å². The maximum Gasteiger partial charge on any atom is 0.114 e. The molecule has 1 aliphatic rings. The Morgan fingerprint density at radius 2 is 2.00 bits per heavy atom. The maximum atomic E-state index is 6.45. The first-order valence-electron chi connectivity index (χ1n) is 4.11. The molecule has 0 aromatic carbocycles. The second-order valence-electron chi connectivity index (χ2n) is 3.05. The third kappa shape index (κ3) is 2.97. The van der Waals surface area contributed by atoms with Crippen LogP contribution in [-0.2, 0) is 4.87 Å². The third-order valence-electron chi connectivity index (χ3n) is 2.21. The highest BCUT2D eigenvalue weighted by molar-refractivity contribution is 7.10. The van der Waals surface area contributed by atoms with E-state index in [2.05, 4.69) is 10.3 Å². The molecule has 0 amide bonds.